The first-order valence-corrected chi connectivity index (χ1v) is 12.5. The smallest absolute Gasteiger partial charge is 0.264 e. The van der Waals surface area contributed by atoms with Crippen molar-refractivity contribution in [1.29, 1.82) is 0 Å². The minimum atomic E-state index is -4.00. The Balaban J connectivity index is 1.72. The second-order valence-electron chi connectivity index (χ2n) is 7.62. The third-order valence-corrected chi connectivity index (χ3v) is 6.83. The van der Waals surface area contributed by atoms with Crippen molar-refractivity contribution < 1.29 is 17.9 Å². The SMILES string of the molecule is CCOc1ccc(S(=O)(=O)N(CC(=O)N/N=C(/C)CCc2ccccc2)c2ccccc2)cc1. The fraction of sp³-hybridized carbons (Fsp3) is 0.231. The molecule has 8 heteroatoms. The van der Waals surface area contributed by atoms with E-state index in [0.29, 0.717) is 24.5 Å². The summed E-state index contributed by atoms with van der Waals surface area (Å²) < 4.78 is 33.3. The van der Waals surface area contributed by atoms with Gasteiger partial charge < -0.3 is 4.74 Å². The average Bonchev–Trinajstić information content (AvgIpc) is 2.86. The molecular weight excluding hydrogens is 450 g/mol. The summed E-state index contributed by atoms with van der Waals surface area (Å²) in [6, 6.07) is 24.7. The van der Waals surface area contributed by atoms with Crippen LogP contribution in [0.3, 0.4) is 0 Å². The molecule has 0 radical (unpaired) electrons. The molecule has 0 atom stereocenters. The van der Waals surface area contributed by atoms with Gasteiger partial charge in [0.2, 0.25) is 0 Å². The Bertz CT molecular complexity index is 1200. The second-order valence-corrected chi connectivity index (χ2v) is 9.48. The molecule has 34 heavy (non-hydrogen) atoms. The zero-order chi connectivity index (χ0) is 24.4. The predicted octanol–water partition coefficient (Wildman–Crippen LogP) is 4.41. The summed E-state index contributed by atoms with van der Waals surface area (Å²) in [5.41, 5.74) is 4.81. The minimum Gasteiger partial charge on any atom is -0.494 e. The lowest BCUT2D eigenvalue weighted by molar-refractivity contribution is -0.119. The Hall–Kier alpha value is -3.65. The number of nitrogens with zero attached hydrogens (tertiary/aromatic N) is 2. The lowest BCUT2D eigenvalue weighted by atomic mass is 10.1. The van der Waals surface area contributed by atoms with Gasteiger partial charge in [-0.1, -0.05) is 48.5 Å². The normalized spacial score (nSPS) is 11.6. The topological polar surface area (TPSA) is 88.1 Å². The second kappa shape index (κ2) is 12.0. The summed E-state index contributed by atoms with van der Waals surface area (Å²) >= 11 is 0. The summed E-state index contributed by atoms with van der Waals surface area (Å²) in [5.74, 6) is 0.0446. The molecule has 1 amide bonds. The van der Waals surface area contributed by atoms with Gasteiger partial charge in [0.25, 0.3) is 15.9 Å². The molecule has 0 saturated carbocycles. The van der Waals surface area contributed by atoms with Crippen molar-refractivity contribution in [3.05, 3.63) is 90.5 Å². The number of sulfonamides is 1. The number of amides is 1. The average molecular weight is 480 g/mol. The Morgan fingerprint density at radius 2 is 1.56 bits per heavy atom. The summed E-state index contributed by atoms with van der Waals surface area (Å²) in [4.78, 5) is 12.7. The lowest BCUT2D eigenvalue weighted by Crippen LogP contribution is -2.39. The Morgan fingerprint density at radius 1 is 0.941 bits per heavy atom. The van der Waals surface area contributed by atoms with Crippen molar-refractivity contribution in [3.63, 3.8) is 0 Å². The molecule has 3 aromatic rings. The number of rotatable bonds is 11. The number of anilines is 1. The summed E-state index contributed by atoms with van der Waals surface area (Å²) in [6.07, 6.45) is 1.48. The number of ether oxygens (including phenoxy) is 1. The summed E-state index contributed by atoms with van der Waals surface area (Å²) in [7, 11) is -4.00. The van der Waals surface area contributed by atoms with Crippen molar-refractivity contribution in [3.8, 4) is 5.75 Å². The number of carbonyl (C=O) groups is 1. The van der Waals surface area contributed by atoms with Gasteiger partial charge in [0.15, 0.2) is 0 Å². The standard InChI is InChI=1S/C26H29N3O4S/c1-3-33-24-16-18-25(19-17-24)34(31,32)29(23-12-8-5-9-13-23)20-26(30)28-27-21(2)14-15-22-10-6-4-7-11-22/h4-13,16-19H,3,14-15,20H2,1-2H3,(H,28,30)/b27-21-. The van der Waals surface area contributed by atoms with Crippen LogP contribution >= 0.6 is 0 Å². The summed E-state index contributed by atoms with van der Waals surface area (Å²) in [5, 5.41) is 4.15. The van der Waals surface area contributed by atoms with Crippen LogP contribution in [-0.2, 0) is 21.2 Å². The molecule has 0 heterocycles. The van der Waals surface area contributed by atoms with Crippen LogP contribution in [0.25, 0.3) is 0 Å². The van der Waals surface area contributed by atoms with E-state index < -0.39 is 22.5 Å². The van der Waals surface area contributed by atoms with Crippen LogP contribution < -0.4 is 14.5 Å². The first kappa shape index (κ1) is 25.0. The molecule has 0 aliphatic carbocycles. The van der Waals surface area contributed by atoms with Crippen molar-refractivity contribution in [2.75, 3.05) is 17.5 Å². The van der Waals surface area contributed by atoms with Crippen LogP contribution in [-0.4, -0.2) is 33.2 Å². The van der Waals surface area contributed by atoms with E-state index in [-0.39, 0.29) is 4.90 Å². The van der Waals surface area contributed by atoms with Gasteiger partial charge in [-0.25, -0.2) is 13.8 Å². The van der Waals surface area contributed by atoms with Crippen LogP contribution in [0.2, 0.25) is 0 Å². The molecule has 0 unspecified atom stereocenters. The number of hydrazone groups is 1. The zero-order valence-electron chi connectivity index (χ0n) is 19.3. The van der Waals surface area contributed by atoms with E-state index in [4.69, 9.17) is 4.74 Å². The summed E-state index contributed by atoms with van der Waals surface area (Å²) in [6.45, 7) is 3.75. The van der Waals surface area contributed by atoms with E-state index in [2.05, 4.69) is 10.5 Å². The quantitative estimate of drug-likeness (QED) is 0.326. The van der Waals surface area contributed by atoms with Gasteiger partial charge in [-0.3, -0.25) is 9.10 Å². The van der Waals surface area contributed by atoms with Gasteiger partial charge in [-0.2, -0.15) is 5.10 Å². The van der Waals surface area contributed by atoms with Crippen LogP contribution in [0.4, 0.5) is 5.69 Å². The third kappa shape index (κ3) is 6.92. The Labute approximate surface area is 201 Å². The maximum Gasteiger partial charge on any atom is 0.264 e. The molecule has 0 spiro atoms. The van der Waals surface area contributed by atoms with Crippen molar-refractivity contribution in [1.82, 2.24) is 5.43 Å². The number of hydrogen-bond acceptors (Lipinski definition) is 5. The van der Waals surface area contributed by atoms with E-state index in [0.717, 1.165) is 16.4 Å². The lowest BCUT2D eigenvalue weighted by Gasteiger charge is -2.23. The van der Waals surface area contributed by atoms with Gasteiger partial charge in [0.1, 0.15) is 12.3 Å². The number of aryl methyl sites for hydroxylation is 1. The number of hydrogen-bond donors (Lipinski definition) is 1. The third-order valence-electron chi connectivity index (χ3n) is 5.04. The largest absolute Gasteiger partial charge is 0.494 e. The van der Waals surface area contributed by atoms with E-state index in [1.165, 1.54) is 17.7 Å². The highest BCUT2D eigenvalue weighted by Gasteiger charge is 2.27. The number of carbonyl (C=O) groups excluding carboxylic acids is 1. The van der Waals surface area contributed by atoms with Gasteiger partial charge in [-0.15, -0.1) is 0 Å². The molecule has 1 N–H and O–H groups in total. The molecule has 0 bridgehead atoms. The highest BCUT2D eigenvalue weighted by molar-refractivity contribution is 7.92. The molecule has 0 aliphatic heterocycles. The molecule has 178 valence electrons. The van der Waals surface area contributed by atoms with Crippen molar-refractivity contribution >= 4 is 27.3 Å². The molecule has 3 rings (SSSR count). The molecular formula is C26H29N3O4S. The van der Waals surface area contributed by atoms with E-state index in [1.54, 1.807) is 42.5 Å². The zero-order valence-corrected chi connectivity index (χ0v) is 20.2. The van der Waals surface area contributed by atoms with E-state index in [9.17, 15) is 13.2 Å². The van der Waals surface area contributed by atoms with E-state index in [1.807, 2.05) is 44.2 Å². The fourth-order valence-electron chi connectivity index (χ4n) is 3.26. The highest BCUT2D eigenvalue weighted by atomic mass is 32.2. The molecule has 0 fully saturated rings. The molecule has 7 nitrogen and oxygen atoms in total. The van der Waals surface area contributed by atoms with Crippen LogP contribution in [0, 0.1) is 0 Å². The molecule has 3 aromatic carbocycles. The highest BCUT2D eigenvalue weighted by Crippen LogP contribution is 2.25. The van der Waals surface area contributed by atoms with Crippen LogP contribution in [0.5, 0.6) is 5.75 Å². The number of nitrogens with one attached hydrogen (secondary N) is 1. The minimum absolute atomic E-state index is 0.0650. The maximum absolute atomic E-state index is 13.4. The van der Waals surface area contributed by atoms with Gasteiger partial charge in [-0.05, 0) is 68.7 Å². The first-order chi connectivity index (χ1) is 16.4. The van der Waals surface area contributed by atoms with Crippen LogP contribution in [0.15, 0.2) is 94.9 Å². The predicted molar refractivity (Wildman–Crippen MR) is 135 cm³/mol. The van der Waals surface area contributed by atoms with Gasteiger partial charge >= 0.3 is 0 Å². The monoisotopic (exact) mass is 479 g/mol. The Morgan fingerprint density at radius 3 is 2.18 bits per heavy atom. The van der Waals surface area contributed by atoms with E-state index >= 15 is 0 Å². The van der Waals surface area contributed by atoms with Crippen molar-refractivity contribution in [2.24, 2.45) is 5.10 Å². The van der Waals surface area contributed by atoms with Gasteiger partial charge in [0.05, 0.1) is 17.2 Å². The molecule has 0 aliphatic rings. The molecule has 0 saturated heterocycles. The molecule has 0 aromatic heterocycles. The van der Waals surface area contributed by atoms with Gasteiger partial charge in [0, 0.05) is 5.71 Å². The van der Waals surface area contributed by atoms with Crippen molar-refractivity contribution in [2.45, 2.75) is 31.6 Å². The maximum atomic E-state index is 13.4. The van der Waals surface area contributed by atoms with Crippen LogP contribution in [0.1, 0.15) is 25.8 Å². The number of para-hydroxylation sites is 1. The number of benzene rings is 3. The first-order valence-electron chi connectivity index (χ1n) is 11.1. The Kier molecular flexibility index (Phi) is 8.81. The fourth-order valence-corrected chi connectivity index (χ4v) is 4.68.